The molecule has 0 aromatic heterocycles. The lowest BCUT2D eigenvalue weighted by Crippen LogP contribution is -2.55. The lowest BCUT2D eigenvalue weighted by molar-refractivity contribution is -0.889. The third kappa shape index (κ3) is 48.1. The summed E-state index contributed by atoms with van der Waals surface area (Å²) in [6.45, 7) is 4.59. The molecule has 67 heavy (non-hydrogen) atoms. The minimum atomic E-state index is -1.12. The van der Waals surface area contributed by atoms with Gasteiger partial charge in [-0.1, -0.05) is 236 Å². The highest BCUT2D eigenvalue weighted by atomic mass is 16.6. The van der Waals surface area contributed by atoms with Gasteiger partial charge in [-0.3, -0.25) is 9.59 Å². The molecule has 0 aromatic rings. The van der Waals surface area contributed by atoms with Crippen LogP contribution in [-0.4, -0.2) is 75.5 Å². The second kappa shape index (κ2) is 49.7. The van der Waals surface area contributed by atoms with Gasteiger partial charge in [-0.25, -0.2) is 0 Å². The normalized spacial score (nSPS) is 13.1. The molecule has 0 amide bonds. The van der Waals surface area contributed by atoms with E-state index >= 15 is 0 Å². The average Bonchev–Trinajstić information content (AvgIpc) is 3.29. The summed E-state index contributed by atoms with van der Waals surface area (Å²) in [5.74, 6) is -1.73. The Bertz CT molecular complexity index is 1230. The van der Waals surface area contributed by atoms with Crippen LogP contribution in [0.3, 0.4) is 0 Å². The zero-order valence-electron chi connectivity index (χ0n) is 44.6. The molecule has 390 valence electrons. The zero-order chi connectivity index (χ0) is 49.2. The molecule has 0 aromatic carbocycles. The van der Waals surface area contributed by atoms with Crippen molar-refractivity contribution in [1.29, 1.82) is 0 Å². The number of allylic oxidation sites excluding steroid dienone is 8. The molecule has 0 radical (unpaired) electrons. The molecule has 0 saturated heterocycles. The zero-order valence-corrected chi connectivity index (χ0v) is 44.6. The van der Waals surface area contributed by atoms with Crippen LogP contribution in [0.1, 0.15) is 258 Å². The Labute approximate surface area is 414 Å². The first-order valence-electron chi connectivity index (χ1n) is 28.2. The van der Waals surface area contributed by atoms with Crippen LogP contribution in [-0.2, 0) is 28.6 Å². The maximum Gasteiger partial charge on any atom is 0.306 e. The predicted molar refractivity (Wildman–Crippen MR) is 282 cm³/mol. The maximum atomic E-state index is 12.8. The Morgan fingerprint density at radius 2 is 0.836 bits per heavy atom. The lowest BCUT2D eigenvalue weighted by atomic mass is 10.0. The van der Waals surface area contributed by atoms with Crippen LogP contribution in [0.15, 0.2) is 48.6 Å². The number of likely N-dealkylation sites (N-methyl/N-ethyl adjacent to an activating group) is 1. The fourth-order valence-electron chi connectivity index (χ4n) is 8.42. The second-order valence-corrected chi connectivity index (χ2v) is 20.2. The van der Waals surface area contributed by atoms with Crippen molar-refractivity contribution in [3.8, 4) is 0 Å². The Morgan fingerprint density at radius 1 is 0.463 bits per heavy atom. The molecule has 0 aliphatic carbocycles. The molecule has 0 fully saturated rings. The van der Waals surface area contributed by atoms with Crippen molar-refractivity contribution in [2.45, 2.75) is 270 Å². The molecule has 0 heterocycles. The van der Waals surface area contributed by atoms with E-state index in [1.807, 2.05) is 21.1 Å². The molecule has 8 nitrogen and oxygen atoms in total. The number of carboxylic acids is 1. The van der Waals surface area contributed by atoms with Gasteiger partial charge < -0.3 is 28.6 Å². The van der Waals surface area contributed by atoms with E-state index in [-0.39, 0.29) is 42.7 Å². The van der Waals surface area contributed by atoms with E-state index in [9.17, 15) is 19.5 Å². The summed E-state index contributed by atoms with van der Waals surface area (Å²) in [5.41, 5.74) is 0. The van der Waals surface area contributed by atoms with Gasteiger partial charge in [0.1, 0.15) is 12.6 Å². The van der Waals surface area contributed by atoms with Gasteiger partial charge in [-0.15, -0.1) is 0 Å². The summed E-state index contributed by atoms with van der Waals surface area (Å²) in [5, 5.41) is 11.7. The Balaban J connectivity index is 4.17. The summed E-state index contributed by atoms with van der Waals surface area (Å²) < 4.78 is 17.3. The van der Waals surface area contributed by atoms with E-state index in [2.05, 4.69) is 62.5 Å². The molecular formula is C59H107NO7. The summed E-state index contributed by atoms with van der Waals surface area (Å²) >= 11 is 0. The molecule has 0 rings (SSSR count). The van der Waals surface area contributed by atoms with Crippen LogP contribution >= 0.6 is 0 Å². The van der Waals surface area contributed by atoms with Crippen molar-refractivity contribution in [2.75, 3.05) is 41.0 Å². The van der Waals surface area contributed by atoms with Crippen LogP contribution in [0.4, 0.5) is 0 Å². The minimum Gasteiger partial charge on any atom is -0.544 e. The summed E-state index contributed by atoms with van der Waals surface area (Å²) in [4.78, 5) is 37.1. The van der Waals surface area contributed by atoms with Crippen molar-refractivity contribution >= 4 is 17.9 Å². The maximum absolute atomic E-state index is 12.8. The van der Waals surface area contributed by atoms with Crippen molar-refractivity contribution in [3.05, 3.63) is 48.6 Å². The number of hydrogen-bond acceptors (Lipinski definition) is 7. The quantitative estimate of drug-likeness (QED) is 0.0259. The SMILES string of the molecule is CC/C=C/C/C=C/C/C=C/C/C=C/CCCCCCCCCCCC(=O)OCC(COCCC(C(=O)[O-])[N+](C)(C)C)OC(=O)CCCCCCCCCCCCCCCCCCCCCCC. The van der Waals surface area contributed by atoms with Crippen LogP contribution in [0.2, 0.25) is 0 Å². The van der Waals surface area contributed by atoms with Gasteiger partial charge >= 0.3 is 11.9 Å². The van der Waals surface area contributed by atoms with Crippen molar-refractivity contribution in [2.24, 2.45) is 0 Å². The van der Waals surface area contributed by atoms with E-state index in [1.165, 1.54) is 154 Å². The Hall–Kier alpha value is -2.71. The van der Waals surface area contributed by atoms with Gasteiger partial charge in [-0.2, -0.15) is 0 Å². The number of carbonyl (C=O) groups is 3. The number of carboxylic acid groups (broad SMARTS) is 1. The highest BCUT2D eigenvalue weighted by Crippen LogP contribution is 2.17. The molecule has 0 bridgehead atoms. The first-order valence-corrected chi connectivity index (χ1v) is 28.2. The van der Waals surface area contributed by atoms with Crippen LogP contribution < -0.4 is 5.11 Å². The predicted octanol–water partition coefficient (Wildman–Crippen LogP) is 15.4. The average molecular weight is 943 g/mol. The molecule has 0 aliphatic heterocycles. The molecule has 2 unspecified atom stereocenters. The molecule has 0 aliphatic rings. The van der Waals surface area contributed by atoms with Gasteiger partial charge in [0, 0.05) is 19.3 Å². The van der Waals surface area contributed by atoms with Gasteiger partial charge in [0.05, 0.1) is 40.3 Å². The number of unbranched alkanes of at least 4 members (excludes halogenated alkanes) is 29. The highest BCUT2D eigenvalue weighted by Gasteiger charge is 2.25. The third-order valence-corrected chi connectivity index (χ3v) is 12.7. The van der Waals surface area contributed by atoms with Crippen LogP contribution in [0, 0.1) is 0 Å². The minimum absolute atomic E-state index is 0.0413. The number of aliphatic carboxylic acids is 1. The standard InChI is InChI=1S/C59H107NO7/c1-6-8-10-12-14-16-18-20-22-24-26-28-30-31-33-35-37-39-41-43-45-47-49-57(61)66-54-55(53-65-52-51-56(59(63)64)60(3,4)5)67-58(62)50-48-46-44-42-40-38-36-34-32-29-27-25-23-21-19-17-15-13-11-9-7-2/h8,10,14,16,20,22,26,28,55-56H,6-7,9,11-13,15,17-19,21,23-25,27,29-54H2,1-5H3/b10-8+,16-14+,22-20+,28-26+. The summed E-state index contributed by atoms with van der Waals surface area (Å²) in [6.07, 6.45) is 61.5. The smallest absolute Gasteiger partial charge is 0.306 e. The molecule has 2 atom stereocenters. The van der Waals surface area contributed by atoms with Gasteiger partial charge in [0.2, 0.25) is 0 Å². The highest BCUT2D eigenvalue weighted by molar-refractivity contribution is 5.70. The second-order valence-electron chi connectivity index (χ2n) is 20.2. The Morgan fingerprint density at radius 3 is 1.24 bits per heavy atom. The Kier molecular flexibility index (Phi) is 47.7. The monoisotopic (exact) mass is 942 g/mol. The van der Waals surface area contributed by atoms with Gasteiger partial charge in [-0.05, 0) is 51.4 Å². The first kappa shape index (κ1) is 64.3. The van der Waals surface area contributed by atoms with E-state index in [4.69, 9.17) is 14.2 Å². The van der Waals surface area contributed by atoms with Gasteiger partial charge in [0.15, 0.2) is 6.10 Å². The molecule has 0 saturated carbocycles. The van der Waals surface area contributed by atoms with E-state index < -0.39 is 18.1 Å². The molecule has 0 N–H and O–H groups in total. The lowest BCUT2D eigenvalue weighted by Gasteiger charge is -2.34. The topological polar surface area (TPSA) is 102 Å². The number of esters is 2. The van der Waals surface area contributed by atoms with Crippen molar-refractivity contribution < 1.29 is 38.2 Å². The van der Waals surface area contributed by atoms with E-state index in [1.54, 1.807) is 0 Å². The van der Waals surface area contributed by atoms with E-state index in [0.29, 0.717) is 12.8 Å². The van der Waals surface area contributed by atoms with E-state index in [0.717, 1.165) is 70.6 Å². The molecule has 8 heteroatoms. The van der Waals surface area contributed by atoms with Gasteiger partial charge in [0.25, 0.3) is 0 Å². The summed E-state index contributed by atoms with van der Waals surface area (Å²) in [6, 6.07) is -0.727. The molecular weight excluding hydrogens is 835 g/mol. The molecule has 0 spiro atoms. The third-order valence-electron chi connectivity index (χ3n) is 12.7. The fourth-order valence-corrected chi connectivity index (χ4v) is 8.42. The van der Waals surface area contributed by atoms with Crippen molar-refractivity contribution in [3.63, 3.8) is 0 Å². The van der Waals surface area contributed by atoms with Crippen LogP contribution in [0.25, 0.3) is 0 Å². The fraction of sp³-hybridized carbons (Fsp3) is 0.814. The van der Waals surface area contributed by atoms with Crippen molar-refractivity contribution in [1.82, 2.24) is 0 Å². The number of carbonyl (C=O) groups excluding carboxylic acids is 3. The number of hydrogen-bond donors (Lipinski definition) is 0. The number of nitrogens with zero attached hydrogens (tertiary/aromatic N) is 1. The summed E-state index contributed by atoms with van der Waals surface area (Å²) in [7, 11) is 5.43. The largest absolute Gasteiger partial charge is 0.544 e. The van der Waals surface area contributed by atoms with Crippen LogP contribution in [0.5, 0.6) is 0 Å². The number of rotatable bonds is 51. The first-order chi connectivity index (χ1) is 32.6. The number of quaternary nitrogens is 1. The number of ether oxygens (including phenoxy) is 3.